The highest BCUT2D eigenvalue weighted by molar-refractivity contribution is 5.87. The number of ether oxygens (including phenoxy) is 1. The lowest BCUT2D eigenvalue weighted by Crippen LogP contribution is -2.39. The molecule has 0 saturated carbocycles. The van der Waals surface area contributed by atoms with Crippen LogP contribution in [0.4, 0.5) is 10.2 Å². The second-order valence-corrected chi connectivity index (χ2v) is 8.46. The zero-order chi connectivity index (χ0) is 24.2. The molecule has 0 unspecified atom stereocenters. The van der Waals surface area contributed by atoms with Gasteiger partial charge in [0.2, 0.25) is 0 Å². The van der Waals surface area contributed by atoms with Crippen molar-refractivity contribution in [2.45, 2.75) is 6.92 Å². The van der Waals surface area contributed by atoms with Crippen molar-refractivity contribution in [2.75, 3.05) is 44.7 Å². The van der Waals surface area contributed by atoms with Gasteiger partial charge in [-0.2, -0.15) is 14.9 Å². The van der Waals surface area contributed by atoms with Gasteiger partial charge in [-0.05, 0) is 48.9 Å². The van der Waals surface area contributed by atoms with Crippen LogP contribution in [0.1, 0.15) is 5.56 Å². The number of halogens is 1. The van der Waals surface area contributed by atoms with Gasteiger partial charge in [0.05, 0.1) is 35.9 Å². The van der Waals surface area contributed by atoms with E-state index in [1.54, 1.807) is 18.2 Å². The number of aromatic nitrogens is 4. The smallest absolute Gasteiger partial charge is 0.271 e. The highest BCUT2D eigenvalue weighted by atomic mass is 19.1. The third-order valence-electron chi connectivity index (χ3n) is 6.12. The Labute approximate surface area is 202 Å². The summed E-state index contributed by atoms with van der Waals surface area (Å²) < 4.78 is 20.4. The van der Waals surface area contributed by atoms with Gasteiger partial charge in [-0.25, -0.2) is 4.39 Å². The molecule has 0 spiro atoms. The monoisotopic (exact) mass is 474 g/mol. The molecule has 0 bridgehead atoms. The van der Waals surface area contributed by atoms with Gasteiger partial charge in [-0.3, -0.25) is 14.8 Å². The van der Waals surface area contributed by atoms with Crippen molar-refractivity contribution in [3.8, 4) is 28.2 Å². The minimum atomic E-state index is -0.315. The molecular formula is C26H27FN6O2. The number of para-hydroxylation sites is 1. The highest BCUT2D eigenvalue weighted by Crippen LogP contribution is 2.35. The molecule has 0 amide bonds. The van der Waals surface area contributed by atoms with Crippen molar-refractivity contribution in [1.82, 2.24) is 24.9 Å². The highest BCUT2D eigenvalue weighted by Gasteiger charge is 2.20. The number of morpholine rings is 1. The molecule has 9 heteroatoms. The predicted octanol–water partition coefficient (Wildman–Crippen LogP) is 3.48. The maximum Gasteiger partial charge on any atom is 0.271 e. The molecule has 5 rings (SSSR count). The SMILES string of the molecule is Cc1ccccc1-n1nc(-c2c(NCCN3CCOCC3)n[nH]c2-c2ccc(F)cc2)ccc1=O. The van der Waals surface area contributed by atoms with Crippen LogP contribution in [0, 0.1) is 12.7 Å². The predicted molar refractivity (Wildman–Crippen MR) is 133 cm³/mol. The van der Waals surface area contributed by atoms with Crippen LogP contribution < -0.4 is 10.9 Å². The number of aryl methyl sites for hydroxylation is 1. The average Bonchev–Trinajstić information content (AvgIpc) is 3.30. The lowest BCUT2D eigenvalue weighted by atomic mass is 10.0. The molecule has 1 fully saturated rings. The Morgan fingerprint density at radius 2 is 1.83 bits per heavy atom. The first-order valence-electron chi connectivity index (χ1n) is 11.7. The number of H-pyrrole nitrogens is 1. The third-order valence-corrected chi connectivity index (χ3v) is 6.12. The molecule has 1 aliphatic heterocycles. The van der Waals surface area contributed by atoms with E-state index in [9.17, 15) is 9.18 Å². The van der Waals surface area contributed by atoms with Crippen LogP contribution in [0.25, 0.3) is 28.2 Å². The quantitative estimate of drug-likeness (QED) is 0.426. The van der Waals surface area contributed by atoms with Crippen molar-refractivity contribution in [3.05, 3.63) is 82.4 Å². The number of nitrogens with one attached hydrogen (secondary N) is 2. The van der Waals surface area contributed by atoms with Crippen molar-refractivity contribution >= 4 is 5.82 Å². The molecule has 2 aromatic carbocycles. The Morgan fingerprint density at radius 3 is 2.60 bits per heavy atom. The fourth-order valence-electron chi connectivity index (χ4n) is 4.22. The Hall–Kier alpha value is -3.82. The van der Waals surface area contributed by atoms with Gasteiger partial charge in [-0.1, -0.05) is 18.2 Å². The summed E-state index contributed by atoms with van der Waals surface area (Å²) in [7, 11) is 0. The van der Waals surface area contributed by atoms with Gasteiger partial charge < -0.3 is 10.1 Å². The molecule has 2 aromatic heterocycles. The maximum absolute atomic E-state index is 13.6. The van der Waals surface area contributed by atoms with E-state index in [4.69, 9.17) is 9.84 Å². The van der Waals surface area contributed by atoms with E-state index in [1.807, 2.05) is 31.2 Å². The van der Waals surface area contributed by atoms with Crippen LogP contribution in [-0.2, 0) is 4.74 Å². The Kier molecular flexibility index (Phi) is 6.69. The fraction of sp³-hybridized carbons (Fsp3) is 0.269. The summed E-state index contributed by atoms with van der Waals surface area (Å²) in [5.74, 6) is 0.310. The van der Waals surface area contributed by atoms with E-state index in [2.05, 4.69) is 20.4 Å². The second kappa shape index (κ2) is 10.2. The number of aromatic amines is 1. The van der Waals surface area contributed by atoms with Crippen molar-refractivity contribution < 1.29 is 9.13 Å². The molecule has 8 nitrogen and oxygen atoms in total. The topological polar surface area (TPSA) is 88.1 Å². The van der Waals surface area contributed by atoms with Gasteiger partial charge in [0.1, 0.15) is 5.82 Å². The molecule has 3 heterocycles. The molecular weight excluding hydrogens is 447 g/mol. The minimum Gasteiger partial charge on any atom is -0.379 e. The lowest BCUT2D eigenvalue weighted by Gasteiger charge is -2.26. The largest absolute Gasteiger partial charge is 0.379 e. The Morgan fingerprint density at radius 1 is 1.06 bits per heavy atom. The Balaban J connectivity index is 1.53. The van der Waals surface area contributed by atoms with Gasteiger partial charge in [0, 0.05) is 37.8 Å². The zero-order valence-electron chi connectivity index (χ0n) is 19.5. The van der Waals surface area contributed by atoms with E-state index < -0.39 is 0 Å². The molecule has 1 saturated heterocycles. The number of hydrogen-bond donors (Lipinski definition) is 2. The molecule has 180 valence electrons. The van der Waals surface area contributed by atoms with Crippen molar-refractivity contribution in [1.29, 1.82) is 0 Å². The van der Waals surface area contributed by atoms with E-state index >= 15 is 0 Å². The molecule has 2 N–H and O–H groups in total. The molecule has 0 aliphatic carbocycles. The first-order chi connectivity index (χ1) is 17.1. The van der Waals surface area contributed by atoms with Crippen molar-refractivity contribution in [3.63, 3.8) is 0 Å². The standard InChI is InChI=1S/C26H27FN6O2/c1-18-4-2-3-5-22(18)33-23(34)11-10-21(31-33)24-25(19-6-8-20(27)9-7-19)29-30-26(24)28-12-13-32-14-16-35-17-15-32/h2-11H,12-17H2,1H3,(H2,28,29,30). The van der Waals surface area contributed by atoms with Crippen LogP contribution in [0.5, 0.6) is 0 Å². The number of benzene rings is 2. The van der Waals surface area contributed by atoms with E-state index in [0.29, 0.717) is 29.4 Å². The number of rotatable bonds is 7. The molecule has 4 aromatic rings. The summed E-state index contributed by atoms with van der Waals surface area (Å²) >= 11 is 0. The van der Waals surface area contributed by atoms with Gasteiger partial charge in [0.25, 0.3) is 5.56 Å². The van der Waals surface area contributed by atoms with Crippen LogP contribution in [0.2, 0.25) is 0 Å². The molecule has 0 atom stereocenters. The average molecular weight is 475 g/mol. The van der Waals surface area contributed by atoms with Crippen LogP contribution in [0.15, 0.2) is 65.5 Å². The minimum absolute atomic E-state index is 0.225. The third kappa shape index (κ3) is 5.01. The van der Waals surface area contributed by atoms with Gasteiger partial charge >= 0.3 is 0 Å². The summed E-state index contributed by atoms with van der Waals surface area (Å²) in [6.07, 6.45) is 0. The first-order valence-corrected chi connectivity index (χ1v) is 11.7. The van der Waals surface area contributed by atoms with Gasteiger partial charge in [0.15, 0.2) is 5.82 Å². The van der Waals surface area contributed by atoms with Gasteiger partial charge in [-0.15, -0.1) is 0 Å². The normalized spacial score (nSPS) is 14.2. The fourth-order valence-corrected chi connectivity index (χ4v) is 4.22. The lowest BCUT2D eigenvalue weighted by molar-refractivity contribution is 0.0398. The second-order valence-electron chi connectivity index (χ2n) is 8.46. The van der Waals surface area contributed by atoms with E-state index in [1.165, 1.54) is 22.9 Å². The first kappa shape index (κ1) is 22.9. The number of hydrogen-bond acceptors (Lipinski definition) is 6. The summed E-state index contributed by atoms with van der Waals surface area (Å²) in [4.78, 5) is 15.1. The summed E-state index contributed by atoms with van der Waals surface area (Å²) in [5.41, 5.74) is 4.20. The zero-order valence-corrected chi connectivity index (χ0v) is 19.5. The van der Waals surface area contributed by atoms with Crippen LogP contribution in [0.3, 0.4) is 0 Å². The molecule has 35 heavy (non-hydrogen) atoms. The molecule has 0 radical (unpaired) electrons. The van der Waals surface area contributed by atoms with E-state index in [0.717, 1.165) is 49.5 Å². The summed E-state index contributed by atoms with van der Waals surface area (Å²) in [5, 5.41) is 15.7. The summed E-state index contributed by atoms with van der Waals surface area (Å²) in [6, 6.07) is 17.0. The summed E-state index contributed by atoms with van der Waals surface area (Å²) in [6.45, 7) is 6.75. The number of anilines is 1. The van der Waals surface area contributed by atoms with Crippen LogP contribution in [-0.4, -0.2) is 64.3 Å². The maximum atomic E-state index is 13.6. The van der Waals surface area contributed by atoms with Crippen molar-refractivity contribution in [2.24, 2.45) is 0 Å². The Bertz CT molecular complexity index is 1360. The molecule has 1 aliphatic rings. The number of nitrogens with zero attached hydrogens (tertiary/aromatic N) is 4. The van der Waals surface area contributed by atoms with E-state index in [-0.39, 0.29) is 11.4 Å². The van der Waals surface area contributed by atoms with Crippen LogP contribution >= 0.6 is 0 Å².